The summed E-state index contributed by atoms with van der Waals surface area (Å²) in [5.41, 5.74) is 0.000201. The number of hydrogen-bond acceptors (Lipinski definition) is 3. The summed E-state index contributed by atoms with van der Waals surface area (Å²) in [5, 5.41) is 0.263. The van der Waals surface area contributed by atoms with Crippen LogP contribution in [0.2, 0.25) is 5.28 Å². The summed E-state index contributed by atoms with van der Waals surface area (Å²) in [6.07, 6.45) is 1.66. The summed E-state index contributed by atoms with van der Waals surface area (Å²) in [7, 11) is 1.98. The molecule has 0 aromatic carbocycles. The van der Waals surface area contributed by atoms with Crippen LogP contribution in [0, 0.1) is 0 Å². The Hall–Kier alpha value is -0.350. The third-order valence-corrected chi connectivity index (χ3v) is 2.76. The summed E-state index contributed by atoms with van der Waals surface area (Å²) < 4.78 is 0.847. The van der Waals surface area contributed by atoms with E-state index in [0.29, 0.717) is 0 Å². The van der Waals surface area contributed by atoms with Crippen LogP contribution in [0.5, 0.6) is 0 Å². The fourth-order valence-electron chi connectivity index (χ4n) is 0.890. The van der Waals surface area contributed by atoms with Crippen LogP contribution in [0.4, 0.5) is 5.82 Å². The first-order valence-corrected chi connectivity index (χ1v) is 5.41. The van der Waals surface area contributed by atoms with E-state index >= 15 is 0 Å². The van der Waals surface area contributed by atoms with Gasteiger partial charge in [-0.15, -0.1) is 0 Å². The van der Waals surface area contributed by atoms with Crippen LogP contribution in [-0.4, -0.2) is 22.6 Å². The van der Waals surface area contributed by atoms with Gasteiger partial charge in [-0.3, -0.25) is 0 Å². The van der Waals surface area contributed by atoms with Gasteiger partial charge in [0.05, 0.1) is 4.47 Å². The quantitative estimate of drug-likeness (QED) is 0.739. The van der Waals surface area contributed by atoms with E-state index in [9.17, 15) is 0 Å². The van der Waals surface area contributed by atoms with Crippen LogP contribution in [0.1, 0.15) is 20.8 Å². The second-order valence-corrected chi connectivity index (χ2v) is 5.23. The van der Waals surface area contributed by atoms with E-state index in [1.807, 2.05) is 11.9 Å². The van der Waals surface area contributed by atoms with Crippen molar-refractivity contribution in [2.24, 2.45) is 0 Å². The molecule has 14 heavy (non-hydrogen) atoms. The van der Waals surface area contributed by atoms with Crippen LogP contribution in [0.25, 0.3) is 0 Å². The normalized spacial score (nSPS) is 11.6. The van der Waals surface area contributed by atoms with Gasteiger partial charge >= 0.3 is 0 Å². The molecule has 0 saturated carbocycles. The Kier molecular flexibility index (Phi) is 3.37. The molecule has 0 fully saturated rings. The summed E-state index contributed by atoms with van der Waals surface area (Å²) in [6, 6.07) is 0. The molecule has 0 aliphatic carbocycles. The van der Waals surface area contributed by atoms with Crippen LogP contribution < -0.4 is 4.90 Å². The van der Waals surface area contributed by atoms with Gasteiger partial charge in [0, 0.05) is 18.8 Å². The van der Waals surface area contributed by atoms with E-state index in [1.165, 1.54) is 0 Å². The number of nitrogens with zero attached hydrogens (tertiary/aromatic N) is 3. The van der Waals surface area contributed by atoms with E-state index in [2.05, 4.69) is 46.7 Å². The van der Waals surface area contributed by atoms with E-state index in [4.69, 9.17) is 11.6 Å². The second kappa shape index (κ2) is 4.03. The molecule has 0 aliphatic rings. The molecule has 0 amide bonds. The largest absolute Gasteiger partial charge is 0.354 e. The highest BCUT2D eigenvalue weighted by atomic mass is 79.9. The van der Waals surface area contributed by atoms with Crippen molar-refractivity contribution >= 4 is 33.3 Å². The monoisotopic (exact) mass is 277 g/mol. The molecule has 1 aromatic rings. The second-order valence-electron chi connectivity index (χ2n) is 4.04. The standard InChI is InChI=1S/C9H13BrClN3/c1-9(2,3)14(4)7-6(10)5-12-8(11)13-7/h5H,1-4H3. The summed E-state index contributed by atoms with van der Waals surface area (Å²) in [4.78, 5) is 10.1. The van der Waals surface area contributed by atoms with E-state index in [1.54, 1.807) is 6.20 Å². The number of anilines is 1. The van der Waals surface area contributed by atoms with Crippen molar-refractivity contribution in [3.05, 3.63) is 16.0 Å². The van der Waals surface area contributed by atoms with E-state index < -0.39 is 0 Å². The lowest BCUT2D eigenvalue weighted by molar-refractivity contribution is 0.532. The Labute approximate surface area is 97.6 Å². The van der Waals surface area contributed by atoms with E-state index in [-0.39, 0.29) is 10.8 Å². The van der Waals surface area contributed by atoms with Crippen LogP contribution in [0.15, 0.2) is 10.7 Å². The van der Waals surface area contributed by atoms with Crippen molar-refractivity contribution in [3.8, 4) is 0 Å². The molecule has 0 unspecified atom stereocenters. The molecule has 5 heteroatoms. The first-order chi connectivity index (χ1) is 6.32. The Morgan fingerprint density at radius 2 is 2.00 bits per heavy atom. The zero-order valence-electron chi connectivity index (χ0n) is 8.67. The Bertz CT molecular complexity index is 335. The van der Waals surface area contributed by atoms with Gasteiger partial charge in [0.25, 0.3) is 0 Å². The van der Waals surface area contributed by atoms with Crippen molar-refractivity contribution in [3.63, 3.8) is 0 Å². The fourth-order valence-corrected chi connectivity index (χ4v) is 1.48. The van der Waals surface area contributed by atoms with Crippen LogP contribution >= 0.6 is 27.5 Å². The molecule has 0 saturated heterocycles. The molecule has 0 aliphatic heterocycles. The minimum absolute atomic E-state index is 0.000201. The van der Waals surface area contributed by atoms with Gasteiger partial charge in [0.1, 0.15) is 5.82 Å². The average molecular weight is 279 g/mol. The topological polar surface area (TPSA) is 29.0 Å². The van der Waals surface area contributed by atoms with Crippen molar-refractivity contribution in [2.45, 2.75) is 26.3 Å². The highest BCUT2D eigenvalue weighted by Crippen LogP contribution is 2.27. The minimum atomic E-state index is 0.000201. The first-order valence-electron chi connectivity index (χ1n) is 4.24. The molecule has 1 heterocycles. The molecule has 0 N–H and O–H groups in total. The summed E-state index contributed by atoms with van der Waals surface area (Å²) in [5.74, 6) is 0.803. The summed E-state index contributed by atoms with van der Waals surface area (Å²) >= 11 is 9.14. The molecular formula is C9H13BrClN3. The molecule has 0 bridgehead atoms. The predicted molar refractivity (Wildman–Crippen MR) is 62.9 cm³/mol. The zero-order valence-corrected chi connectivity index (χ0v) is 11.0. The number of halogens is 2. The van der Waals surface area contributed by atoms with Crippen LogP contribution in [-0.2, 0) is 0 Å². The van der Waals surface area contributed by atoms with Gasteiger partial charge in [-0.1, -0.05) is 0 Å². The third-order valence-electron chi connectivity index (χ3n) is 2.02. The minimum Gasteiger partial charge on any atom is -0.354 e. The maximum atomic E-state index is 5.74. The fraction of sp³-hybridized carbons (Fsp3) is 0.556. The number of aromatic nitrogens is 2. The lowest BCUT2D eigenvalue weighted by Gasteiger charge is -2.33. The Balaban J connectivity index is 3.12. The van der Waals surface area contributed by atoms with Crippen molar-refractivity contribution < 1.29 is 0 Å². The molecule has 1 aromatic heterocycles. The van der Waals surface area contributed by atoms with Gasteiger partial charge in [0.15, 0.2) is 0 Å². The third kappa shape index (κ3) is 2.58. The van der Waals surface area contributed by atoms with Gasteiger partial charge in [-0.25, -0.2) is 4.98 Å². The molecule has 0 atom stereocenters. The van der Waals surface area contributed by atoms with Crippen LogP contribution in [0.3, 0.4) is 0 Å². The highest BCUT2D eigenvalue weighted by Gasteiger charge is 2.21. The average Bonchev–Trinajstić information content (AvgIpc) is 2.06. The maximum absolute atomic E-state index is 5.74. The van der Waals surface area contributed by atoms with Crippen molar-refractivity contribution in [2.75, 3.05) is 11.9 Å². The predicted octanol–water partition coefficient (Wildman–Crippen LogP) is 3.13. The van der Waals surface area contributed by atoms with Gasteiger partial charge in [0.2, 0.25) is 5.28 Å². The maximum Gasteiger partial charge on any atom is 0.224 e. The highest BCUT2D eigenvalue weighted by molar-refractivity contribution is 9.10. The molecule has 1 rings (SSSR count). The molecule has 78 valence electrons. The molecule has 0 spiro atoms. The SMILES string of the molecule is CN(c1nc(Cl)ncc1Br)C(C)(C)C. The molecule has 0 radical (unpaired) electrons. The molecular weight excluding hydrogens is 265 g/mol. The lowest BCUT2D eigenvalue weighted by atomic mass is 10.1. The molecule has 3 nitrogen and oxygen atoms in total. The van der Waals surface area contributed by atoms with Crippen molar-refractivity contribution in [1.82, 2.24) is 9.97 Å². The van der Waals surface area contributed by atoms with Crippen molar-refractivity contribution in [1.29, 1.82) is 0 Å². The Morgan fingerprint density at radius 1 is 1.43 bits per heavy atom. The lowest BCUT2D eigenvalue weighted by Crippen LogP contribution is -2.38. The van der Waals surface area contributed by atoms with E-state index in [0.717, 1.165) is 10.3 Å². The number of rotatable bonds is 1. The van der Waals surface area contributed by atoms with Gasteiger partial charge in [-0.2, -0.15) is 4.98 Å². The van der Waals surface area contributed by atoms with Gasteiger partial charge < -0.3 is 4.90 Å². The van der Waals surface area contributed by atoms with Gasteiger partial charge in [-0.05, 0) is 48.3 Å². The Morgan fingerprint density at radius 3 is 2.50 bits per heavy atom. The first kappa shape index (κ1) is 11.7. The zero-order chi connectivity index (χ0) is 10.9. The number of hydrogen-bond donors (Lipinski definition) is 0. The summed E-state index contributed by atoms with van der Waals surface area (Å²) in [6.45, 7) is 6.32. The smallest absolute Gasteiger partial charge is 0.224 e.